The van der Waals surface area contributed by atoms with Crippen LogP contribution in [0.25, 0.3) is 22.2 Å². The number of hydrogen-bond acceptors (Lipinski definition) is 3. The first-order chi connectivity index (χ1) is 10.2. The number of hydrogen-bond donors (Lipinski definition) is 1. The molecule has 1 N–H and O–H groups in total. The highest BCUT2D eigenvalue weighted by Crippen LogP contribution is 2.27. The van der Waals surface area contributed by atoms with E-state index < -0.39 is 0 Å². The first-order valence-electron chi connectivity index (χ1n) is 7.11. The van der Waals surface area contributed by atoms with E-state index >= 15 is 0 Å². The van der Waals surface area contributed by atoms with E-state index in [1.54, 1.807) is 6.33 Å². The van der Waals surface area contributed by atoms with Gasteiger partial charge in [0.15, 0.2) is 0 Å². The van der Waals surface area contributed by atoms with E-state index in [9.17, 15) is 0 Å². The summed E-state index contributed by atoms with van der Waals surface area (Å²) >= 11 is 0. The Morgan fingerprint density at radius 1 is 0.952 bits per heavy atom. The number of aromatic nitrogens is 2. The Kier molecular flexibility index (Phi) is 3.67. The zero-order chi connectivity index (χ0) is 14.8. The van der Waals surface area contributed by atoms with Crippen molar-refractivity contribution in [1.82, 2.24) is 9.97 Å². The molecule has 106 valence electrons. The molecule has 0 amide bonds. The van der Waals surface area contributed by atoms with Crippen molar-refractivity contribution in [2.75, 3.05) is 6.61 Å². The second-order valence-electron chi connectivity index (χ2n) is 5.35. The van der Waals surface area contributed by atoms with E-state index in [1.165, 1.54) is 11.1 Å². The molecule has 0 aliphatic rings. The monoisotopic (exact) mass is 278 g/mol. The quantitative estimate of drug-likeness (QED) is 0.798. The van der Waals surface area contributed by atoms with Gasteiger partial charge in [-0.05, 0) is 49.1 Å². The largest absolute Gasteiger partial charge is 0.396 e. The molecule has 0 fully saturated rings. The molecule has 0 unspecified atom stereocenters. The molecular formula is C18H18N2O. The van der Waals surface area contributed by atoms with Crippen molar-refractivity contribution in [3.05, 3.63) is 59.4 Å². The number of fused-ring (bicyclic) bond motifs is 1. The molecule has 0 radical (unpaired) electrons. The summed E-state index contributed by atoms with van der Waals surface area (Å²) in [5.74, 6) is 0. The fourth-order valence-electron chi connectivity index (χ4n) is 2.50. The van der Waals surface area contributed by atoms with Crippen molar-refractivity contribution in [1.29, 1.82) is 0 Å². The van der Waals surface area contributed by atoms with Crippen LogP contribution in [0, 0.1) is 13.8 Å². The highest BCUT2D eigenvalue weighted by atomic mass is 16.2. The van der Waals surface area contributed by atoms with Crippen LogP contribution in [-0.2, 0) is 6.42 Å². The third kappa shape index (κ3) is 2.65. The lowest BCUT2D eigenvalue weighted by atomic mass is 10.0. The predicted octanol–water partition coefficient (Wildman–Crippen LogP) is 3.45. The van der Waals surface area contributed by atoms with Crippen molar-refractivity contribution in [2.24, 2.45) is 0 Å². The molecule has 21 heavy (non-hydrogen) atoms. The topological polar surface area (TPSA) is 46.0 Å². The summed E-state index contributed by atoms with van der Waals surface area (Å²) in [7, 11) is 0. The summed E-state index contributed by atoms with van der Waals surface area (Å²) in [6.45, 7) is 4.38. The fourth-order valence-corrected chi connectivity index (χ4v) is 2.50. The van der Waals surface area contributed by atoms with Gasteiger partial charge in [-0.3, -0.25) is 0 Å². The summed E-state index contributed by atoms with van der Waals surface area (Å²) in [5, 5.41) is 10.1. The Bertz CT molecular complexity index is 779. The molecule has 1 aromatic heterocycles. The van der Waals surface area contributed by atoms with E-state index in [0.29, 0.717) is 6.42 Å². The van der Waals surface area contributed by atoms with Crippen LogP contribution < -0.4 is 0 Å². The smallest absolute Gasteiger partial charge is 0.116 e. The number of aliphatic hydroxyl groups excluding tert-OH is 1. The van der Waals surface area contributed by atoms with Gasteiger partial charge in [-0.15, -0.1) is 0 Å². The molecule has 0 aliphatic carbocycles. The number of aryl methyl sites for hydroxylation is 2. The standard InChI is InChI=1S/C18H18N2O/c1-12-9-16-17(10-13(12)2)19-11-20-18(16)15-5-3-14(4-6-15)7-8-21/h3-6,9-11,21H,7-8H2,1-2H3. The van der Waals surface area contributed by atoms with Crippen LogP contribution in [0.4, 0.5) is 0 Å². The normalized spacial score (nSPS) is 11.0. The summed E-state index contributed by atoms with van der Waals surface area (Å²) in [5.41, 5.74) is 6.63. The Labute approximate surface area is 124 Å². The average Bonchev–Trinajstić information content (AvgIpc) is 2.49. The second-order valence-corrected chi connectivity index (χ2v) is 5.35. The highest BCUT2D eigenvalue weighted by molar-refractivity contribution is 5.92. The van der Waals surface area contributed by atoms with Crippen molar-refractivity contribution in [3.63, 3.8) is 0 Å². The van der Waals surface area contributed by atoms with Crippen molar-refractivity contribution < 1.29 is 5.11 Å². The minimum atomic E-state index is 0.175. The molecule has 0 atom stereocenters. The molecule has 0 saturated carbocycles. The zero-order valence-electron chi connectivity index (χ0n) is 12.3. The Morgan fingerprint density at radius 2 is 1.67 bits per heavy atom. The van der Waals surface area contributed by atoms with Gasteiger partial charge in [0.1, 0.15) is 6.33 Å². The second kappa shape index (κ2) is 5.62. The molecule has 0 bridgehead atoms. The fraction of sp³-hybridized carbons (Fsp3) is 0.222. The Hall–Kier alpha value is -2.26. The Morgan fingerprint density at radius 3 is 2.38 bits per heavy atom. The minimum absolute atomic E-state index is 0.175. The van der Waals surface area contributed by atoms with Crippen LogP contribution >= 0.6 is 0 Å². The maximum absolute atomic E-state index is 8.98. The number of nitrogens with zero attached hydrogens (tertiary/aromatic N) is 2. The van der Waals surface area contributed by atoms with Gasteiger partial charge in [0.25, 0.3) is 0 Å². The first-order valence-corrected chi connectivity index (χ1v) is 7.11. The number of rotatable bonds is 3. The zero-order valence-corrected chi connectivity index (χ0v) is 12.3. The molecule has 0 aliphatic heterocycles. The predicted molar refractivity (Wildman–Crippen MR) is 85.2 cm³/mol. The van der Waals surface area contributed by atoms with Gasteiger partial charge in [0, 0.05) is 17.6 Å². The van der Waals surface area contributed by atoms with Crippen LogP contribution in [0.3, 0.4) is 0 Å². The van der Waals surface area contributed by atoms with Crippen LogP contribution in [-0.4, -0.2) is 21.7 Å². The summed E-state index contributed by atoms with van der Waals surface area (Å²) in [6, 6.07) is 12.5. The molecule has 3 aromatic rings. The van der Waals surface area contributed by atoms with Crippen molar-refractivity contribution >= 4 is 10.9 Å². The molecule has 3 heteroatoms. The number of benzene rings is 2. The van der Waals surface area contributed by atoms with E-state index in [-0.39, 0.29) is 6.61 Å². The van der Waals surface area contributed by atoms with Crippen LogP contribution in [0.5, 0.6) is 0 Å². The van der Waals surface area contributed by atoms with E-state index in [2.05, 4.69) is 48.1 Å². The maximum Gasteiger partial charge on any atom is 0.116 e. The van der Waals surface area contributed by atoms with Gasteiger partial charge in [0.05, 0.1) is 11.2 Å². The van der Waals surface area contributed by atoms with Gasteiger partial charge in [0.2, 0.25) is 0 Å². The van der Waals surface area contributed by atoms with E-state index in [0.717, 1.165) is 27.7 Å². The lowest BCUT2D eigenvalue weighted by Crippen LogP contribution is -1.93. The van der Waals surface area contributed by atoms with E-state index in [1.807, 2.05) is 12.1 Å². The third-order valence-electron chi connectivity index (χ3n) is 3.88. The van der Waals surface area contributed by atoms with Gasteiger partial charge in [-0.2, -0.15) is 0 Å². The van der Waals surface area contributed by atoms with Crippen molar-refractivity contribution in [3.8, 4) is 11.3 Å². The van der Waals surface area contributed by atoms with Crippen molar-refractivity contribution in [2.45, 2.75) is 20.3 Å². The molecule has 0 spiro atoms. The Balaban J connectivity index is 2.13. The highest BCUT2D eigenvalue weighted by Gasteiger charge is 2.08. The minimum Gasteiger partial charge on any atom is -0.396 e. The first kappa shape index (κ1) is 13.7. The average molecular weight is 278 g/mol. The van der Waals surface area contributed by atoms with Gasteiger partial charge in [-0.25, -0.2) is 9.97 Å². The van der Waals surface area contributed by atoms with Crippen LogP contribution in [0.1, 0.15) is 16.7 Å². The van der Waals surface area contributed by atoms with Gasteiger partial charge in [-0.1, -0.05) is 24.3 Å². The SMILES string of the molecule is Cc1cc2ncnc(-c3ccc(CCO)cc3)c2cc1C. The summed E-state index contributed by atoms with van der Waals surface area (Å²) < 4.78 is 0. The summed E-state index contributed by atoms with van der Waals surface area (Å²) in [4.78, 5) is 8.84. The molecule has 3 nitrogen and oxygen atoms in total. The lowest BCUT2D eigenvalue weighted by molar-refractivity contribution is 0.299. The number of aliphatic hydroxyl groups is 1. The van der Waals surface area contributed by atoms with Crippen LogP contribution in [0.2, 0.25) is 0 Å². The molecule has 3 rings (SSSR count). The molecule has 1 heterocycles. The molecule has 2 aromatic carbocycles. The third-order valence-corrected chi connectivity index (χ3v) is 3.88. The van der Waals surface area contributed by atoms with Gasteiger partial charge >= 0.3 is 0 Å². The van der Waals surface area contributed by atoms with Gasteiger partial charge < -0.3 is 5.11 Å². The van der Waals surface area contributed by atoms with Crippen LogP contribution in [0.15, 0.2) is 42.7 Å². The lowest BCUT2D eigenvalue weighted by Gasteiger charge is -2.08. The van der Waals surface area contributed by atoms with E-state index in [4.69, 9.17) is 5.11 Å². The molecular weight excluding hydrogens is 260 g/mol. The maximum atomic E-state index is 8.98. The molecule has 0 saturated heterocycles. The summed E-state index contributed by atoms with van der Waals surface area (Å²) in [6.07, 6.45) is 2.30.